The van der Waals surface area contributed by atoms with Crippen LogP contribution in [-0.2, 0) is 0 Å². The van der Waals surface area contributed by atoms with Crippen LogP contribution >= 0.6 is 0 Å². The zero-order valence-electron chi connectivity index (χ0n) is 8.21. The molecule has 0 spiro atoms. The van der Waals surface area contributed by atoms with Gasteiger partial charge in [0.05, 0.1) is 12.4 Å². The third kappa shape index (κ3) is 1.03. The number of aromatic nitrogens is 4. The molecule has 82 valence electrons. The molecule has 0 amide bonds. The summed E-state index contributed by atoms with van der Waals surface area (Å²) in [7, 11) is 0. The zero-order chi connectivity index (χ0) is 11.4. The molecule has 2 aromatic heterocycles. The Morgan fingerprint density at radius 3 is 2.94 bits per heavy atom. The van der Waals surface area contributed by atoms with Crippen molar-refractivity contribution in [3.05, 3.63) is 28.8 Å². The second-order valence-electron chi connectivity index (χ2n) is 3.74. The van der Waals surface area contributed by atoms with Gasteiger partial charge in [0.2, 0.25) is 5.95 Å². The molecule has 0 radical (unpaired) electrons. The van der Waals surface area contributed by atoms with Gasteiger partial charge >= 0.3 is 0 Å². The van der Waals surface area contributed by atoms with Gasteiger partial charge in [0, 0.05) is 0 Å². The van der Waals surface area contributed by atoms with E-state index in [0.29, 0.717) is 11.2 Å². The fraction of sp³-hybridized carbons (Fsp3) is 0.222. The van der Waals surface area contributed by atoms with E-state index < -0.39 is 6.10 Å². The molecule has 0 saturated heterocycles. The van der Waals surface area contributed by atoms with Crippen LogP contribution in [0.15, 0.2) is 23.3 Å². The molecule has 2 heterocycles. The summed E-state index contributed by atoms with van der Waals surface area (Å²) in [5.41, 5.74) is 6.32. The first-order chi connectivity index (χ1) is 7.59. The van der Waals surface area contributed by atoms with E-state index in [2.05, 4.69) is 21.5 Å². The summed E-state index contributed by atoms with van der Waals surface area (Å²) in [6.07, 6.45) is 0.859. The summed E-state index contributed by atoms with van der Waals surface area (Å²) in [6, 6.07) is -0.251. The Bertz CT molecular complexity index is 655. The maximum atomic E-state index is 11.5. The van der Waals surface area contributed by atoms with Crippen molar-refractivity contribution >= 4 is 17.1 Å². The molecule has 1 saturated carbocycles. The van der Waals surface area contributed by atoms with E-state index in [9.17, 15) is 9.90 Å². The van der Waals surface area contributed by atoms with Crippen LogP contribution in [0.4, 0.5) is 5.95 Å². The lowest BCUT2D eigenvalue weighted by Crippen LogP contribution is -2.12. The third-order valence-electron chi connectivity index (χ3n) is 2.70. The van der Waals surface area contributed by atoms with Crippen LogP contribution in [-0.4, -0.2) is 30.7 Å². The van der Waals surface area contributed by atoms with Gasteiger partial charge in [0.15, 0.2) is 11.2 Å². The summed E-state index contributed by atoms with van der Waals surface area (Å²) in [5.74, 6) is 0.0278. The van der Waals surface area contributed by atoms with E-state index in [1.54, 1.807) is 4.57 Å². The molecular formula is C9H9N5O2. The molecule has 0 aromatic carbocycles. The molecule has 16 heavy (non-hydrogen) atoms. The second kappa shape index (κ2) is 2.70. The average Bonchev–Trinajstić information content (AvgIpc) is 2.64. The lowest BCUT2D eigenvalue weighted by molar-refractivity contribution is 0.267. The summed E-state index contributed by atoms with van der Waals surface area (Å²) < 4.78 is 1.61. The van der Waals surface area contributed by atoms with Crippen molar-refractivity contribution in [2.24, 2.45) is 0 Å². The molecule has 7 heteroatoms. The Morgan fingerprint density at radius 2 is 2.31 bits per heavy atom. The maximum absolute atomic E-state index is 11.5. The first-order valence-electron chi connectivity index (χ1n) is 4.68. The van der Waals surface area contributed by atoms with Crippen molar-refractivity contribution in [2.45, 2.75) is 12.1 Å². The van der Waals surface area contributed by atoms with E-state index in [-0.39, 0.29) is 23.1 Å². The van der Waals surface area contributed by atoms with Gasteiger partial charge in [0.25, 0.3) is 5.56 Å². The minimum atomic E-state index is -0.597. The van der Waals surface area contributed by atoms with Crippen LogP contribution in [0.25, 0.3) is 11.2 Å². The smallest absolute Gasteiger partial charge is 0.280 e. The normalized spacial score (nSPS) is 23.9. The molecule has 3 rings (SSSR count). The molecule has 2 atom stereocenters. The highest BCUT2D eigenvalue weighted by molar-refractivity contribution is 5.71. The second-order valence-corrected chi connectivity index (χ2v) is 3.74. The van der Waals surface area contributed by atoms with Crippen LogP contribution < -0.4 is 11.3 Å². The van der Waals surface area contributed by atoms with E-state index in [0.717, 1.165) is 0 Å². The number of hydrogen-bond donors (Lipinski definition) is 3. The SMILES string of the molecule is C=C1C(n2cnc3c(=O)[nH]c(N)nc32)[C@@H]1O. The molecule has 7 nitrogen and oxygen atoms in total. The van der Waals surface area contributed by atoms with Crippen molar-refractivity contribution < 1.29 is 5.11 Å². The molecular weight excluding hydrogens is 210 g/mol. The standard InChI is InChI=1S/C9H9N5O2/c1-3-5(6(3)15)14-2-11-4-7(14)12-9(10)13-8(4)16/h2,5-6,15H,1H2,(H3,10,12,13,16)/t5?,6-/m1/s1. The number of anilines is 1. The number of aliphatic hydroxyl groups is 1. The summed E-state index contributed by atoms with van der Waals surface area (Å²) >= 11 is 0. The van der Waals surface area contributed by atoms with Crippen LogP contribution in [0.5, 0.6) is 0 Å². The zero-order valence-corrected chi connectivity index (χ0v) is 8.21. The Kier molecular flexibility index (Phi) is 1.54. The maximum Gasteiger partial charge on any atom is 0.280 e. The van der Waals surface area contributed by atoms with Gasteiger partial charge in [-0.2, -0.15) is 4.98 Å². The lowest BCUT2D eigenvalue weighted by atomic mass is 10.5. The number of H-pyrrole nitrogens is 1. The number of nitrogens with one attached hydrogen (secondary N) is 1. The summed E-state index contributed by atoms with van der Waals surface area (Å²) in [4.78, 5) is 21.8. The van der Waals surface area contributed by atoms with Gasteiger partial charge in [0.1, 0.15) is 6.10 Å². The molecule has 1 unspecified atom stereocenters. The van der Waals surface area contributed by atoms with Crippen LogP contribution in [0.1, 0.15) is 6.04 Å². The van der Waals surface area contributed by atoms with Crippen molar-refractivity contribution in [3.8, 4) is 0 Å². The first kappa shape index (κ1) is 9.10. The molecule has 1 fully saturated rings. The Hall–Kier alpha value is -2.15. The van der Waals surface area contributed by atoms with Gasteiger partial charge in [-0.1, -0.05) is 6.58 Å². The highest BCUT2D eigenvalue weighted by Crippen LogP contribution is 2.42. The highest BCUT2D eigenvalue weighted by atomic mass is 16.3. The highest BCUT2D eigenvalue weighted by Gasteiger charge is 2.43. The predicted octanol–water partition coefficient (Wildman–Crippen LogP) is -0.826. The summed E-state index contributed by atoms with van der Waals surface area (Å²) in [5, 5.41) is 9.47. The number of nitrogens with zero attached hydrogens (tertiary/aromatic N) is 3. The molecule has 0 aliphatic heterocycles. The predicted molar refractivity (Wildman–Crippen MR) is 56.7 cm³/mol. The fourth-order valence-electron chi connectivity index (χ4n) is 1.76. The van der Waals surface area contributed by atoms with Crippen molar-refractivity contribution in [2.75, 3.05) is 5.73 Å². The molecule has 1 aliphatic rings. The number of nitrogen functional groups attached to an aromatic ring is 1. The van der Waals surface area contributed by atoms with Crippen molar-refractivity contribution in [1.29, 1.82) is 0 Å². The number of hydrogen-bond acceptors (Lipinski definition) is 5. The van der Waals surface area contributed by atoms with E-state index in [1.165, 1.54) is 6.33 Å². The molecule has 1 aliphatic carbocycles. The molecule has 4 N–H and O–H groups in total. The lowest BCUT2D eigenvalue weighted by Gasteiger charge is -1.99. The van der Waals surface area contributed by atoms with Crippen molar-refractivity contribution in [1.82, 2.24) is 19.5 Å². The Labute approximate surface area is 89.3 Å². The van der Waals surface area contributed by atoms with Gasteiger partial charge < -0.3 is 15.4 Å². The van der Waals surface area contributed by atoms with Crippen LogP contribution in [0.3, 0.4) is 0 Å². The quantitative estimate of drug-likeness (QED) is 0.542. The monoisotopic (exact) mass is 219 g/mol. The van der Waals surface area contributed by atoms with Crippen molar-refractivity contribution in [3.63, 3.8) is 0 Å². The number of fused-ring (bicyclic) bond motifs is 1. The van der Waals surface area contributed by atoms with Gasteiger partial charge in [-0.25, -0.2) is 4.98 Å². The fourth-order valence-corrected chi connectivity index (χ4v) is 1.76. The van der Waals surface area contributed by atoms with Crippen LogP contribution in [0, 0.1) is 0 Å². The van der Waals surface area contributed by atoms with E-state index in [1.807, 2.05) is 0 Å². The first-order valence-corrected chi connectivity index (χ1v) is 4.68. The van der Waals surface area contributed by atoms with E-state index in [4.69, 9.17) is 5.73 Å². The van der Waals surface area contributed by atoms with Gasteiger partial charge in [-0.05, 0) is 5.57 Å². The largest absolute Gasteiger partial charge is 0.386 e. The number of aromatic amines is 1. The number of nitrogens with two attached hydrogens (primary N) is 1. The van der Waals surface area contributed by atoms with E-state index >= 15 is 0 Å². The van der Waals surface area contributed by atoms with Crippen LogP contribution in [0.2, 0.25) is 0 Å². The Balaban J connectivity index is 2.28. The number of rotatable bonds is 1. The minimum Gasteiger partial charge on any atom is -0.386 e. The topological polar surface area (TPSA) is 110 Å². The Morgan fingerprint density at radius 1 is 1.62 bits per heavy atom. The number of imidazole rings is 1. The molecule has 0 bridgehead atoms. The van der Waals surface area contributed by atoms with Gasteiger partial charge in [-0.3, -0.25) is 9.78 Å². The minimum absolute atomic E-state index is 0.0278. The number of aliphatic hydroxyl groups excluding tert-OH is 1. The van der Waals surface area contributed by atoms with Gasteiger partial charge in [-0.15, -0.1) is 0 Å². The molecule has 2 aromatic rings. The third-order valence-corrected chi connectivity index (χ3v) is 2.70. The summed E-state index contributed by atoms with van der Waals surface area (Å²) in [6.45, 7) is 3.69. The average molecular weight is 219 g/mol.